The fraction of sp³-hybridized carbons (Fsp3) is 0.381. The van der Waals surface area contributed by atoms with E-state index in [1.54, 1.807) is 0 Å². The number of carbonyl (C=O) groups excluding carboxylic acids is 1. The lowest BCUT2D eigenvalue weighted by molar-refractivity contribution is -0.125. The molecule has 2 atom stereocenters. The molecule has 2 aromatic carbocycles. The Balaban J connectivity index is 1.62. The van der Waals surface area contributed by atoms with E-state index >= 15 is 0 Å². The number of nitrogens with two attached hydrogens (primary N) is 1. The summed E-state index contributed by atoms with van der Waals surface area (Å²) in [6, 6.07) is 13.8. The van der Waals surface area contributed by atoms with Gasteiger partial charge in [0.05, 0.1) is 12.6 Å². The topological polar surface area (TPSA) is 64.8 Å². The lowest BCUT2D eigenvalue weighted by Crippen LogP contribution is -2.47. The molecule has 1 saturated heterocycles. The van der Waals surface area contributed by atoms with Crippen LogP contribution in [0.15, 0.2) is 46.9 Å². The molecule has 27 heavy (non-hydrogen) atoms. The number of hydrogen-bond donors (Lipinski definition) is 1. The van der Waals surface area contributed by atoms with Crippen LogP contribution in [0, 0.1) is 0 Å². The van der Waals surface area contributed by atoms with Crippen LogP contribution in [0.1, 0.15) is 42.2 Å². The van der Waals surface area contributed by atoms with Crippen molar-refractivity contribution in [2.24, 2.45) is 5.73 Å². The quantitative estimate of drug-likeness (QED) is 0.798. The molecule has 2 aliphatic rings. The minimum Gasteiger partial charge on any atom is -0.460 e. The second-order valence-electron chi connectivity index (χ2n) is 7.11. The molecule has 142 valence electrons. The smallest absolute Gasteiger partial charge is 0.234 e. The van der Waals surface area contributed by atoms with Crippen molar-refractivity contribution in [3.05, 3.63) is 63.6 Å². The van der Waals surface area contributed by atoms with E-state index in [1.807, 2.05) is 36.4 Å². The van der Waals surface area contributed by atoms with Crippen molar-refractivity contribution in [3.63, 3.8) is 0 Å². The zero-order chi connectivity index (χ0) is 18.8. The van der Waals surface area contributed by atoms with Crippen LogP contribution in [0.25, 0.3) is 0 Å². The van der Waals surface area contributed by atoms with Gasteiger partial charge in [-0.05, 0) is 31.5 Å². The highest BCUT2D eigenvalue weighted by atomic mass is 79.9. The molecule has 0 radical (unpaired) electrons. The fourth-order valence-electron chi connectivity index (χ4n) is 3.89. The summed E-state index contributed by atoms with van der Waals surface area (Å²) in [5.74, 6) is 0.608. The molecule has 2 N–H and O–H groups in total. The molecule has 2 aromatic rings. The van der Waals surface area contributed by atoms with Crippen LogP contribution in [-0.4, -0.2) is 23.4 Å². The summed E-state index contributed by atoms with van der Waals surface area (Å²) < 4.78 is 13.2. The average molecular weight is 431 g/mol. The Morgan fingerprint density at radius 2 is 2.04 bits per heavy atom. The second-order valence-corrected chi connectivity index (χ2v) is 8.02. The number of hydrogen-bond acceptors (Lipinski definition) is 4. The van der Waals surface area contributed by atoms with E-state index in [0.717, 1.165) is 52.7 Å². The van der Waals surface area contributed by atoms with Crippen LogP contribution in [0.4, 0.5) is 0 Å². The van der Waals surface area contributed by atoms with E-state index in [0.29, 0.717) is 13.2 Å². The summed E-state index contributed by atoms with van der Waals surface area (Å²) in [7, 11) is 0. The lowest BCUT2D eigenvalue weighted by atomic mass is 9.99. The predicted octanol–water partition coefficient (Wildman–Crippen LogP) is 3.90. The summed E-state index contributed by atoms with van der Waals surface area (Å²) in [6.45, 7) is 1.99. The molecular weight excluding hydrogens is 408 g/mol. The molecule has 0 aromatic heterocycles. The number of fused-ring (bicyclic) bond motifs is 1. The molecule has 1 fully saturated rings. The molecule has 1 amide bonds. The number of rotatable bonds is 4. The minimum absolute atomic E-state index is 0.210. The first-order valence-corrected chi connectivity index (χ1v) is 10.1. The van der Waals surface area contributed by atoms with Crippen LogP contribution < -0.4 is 10.5 Å². The largest absolute Gasteiger partial charge is 0.460 e. The van der Waals surface area contributed by atoms with Gasteiger partial charge in [0.1, 0.15) is 5.75 Å². The highest BCUT2D eigenvalue weighted by Gasteiger charge is 2.30. The van der Waals surface area contributed by atoms with Gasteiger partial charge in [0.15, 0.2) is 0 Å². The Hall–Kier alpha value is -1.89. The van der Waals surface area contributed by atoms with Crippen molar-refractivity contribution in [1.82, 2.24) is 4.90 Å². The van der Waals surface area contributed by atoms with E-state index < -0.39 is 6.29 Å². The maximum absolute atomic E-state index is 11.9. The number of primary amides is 1. The zero-order valence-electron chi connectivity index (χ0n) is 15.1. The van der Waals surface area contributed by atoms with E-state index in [9.17, 15) is 4.79 Å². The number of benzene rings is 2. The lowest BCUT2D eigenvalue weighted by Gasteiger charge is -2.35. The number of piperidine rings is 1. The summed E-state index contributed by atoms with van der Waals surface area (Å²) in [4.78, 5) is 14.0. The number of nitrogens with zero attached hydrogens (tertiary/aromatic N) is 1. The molecule has 0 bridgehead atoms. The van der Waals surface area contributed by atoms with E-state index in [-0.39, 0.29) is 11.9 Å². The van der Waals surface area contributed by atoms with Crippen molar-refractivity contribution in [2.45, 2.75) is 44.7 Å². The summed E-state index contributed by atoms with van der Waals surface area (Å²) in [6.07, 6.45) is 2.52. The standard InChI is InChI=1S/C21H23BrN2O3/c22-17-10-15(12-24-9-5-4-8-18(24)20(23)25)19-16(11-17)13-26-21(27-19)14-6-2-1-3-7-14/h1-3,6-7,10-11,18,21H,4-5,8-9,12-13H2,(H2,23,25)/t18-,21-/m0/s1. The van der Waals surface area contributed by atoms with Gasteiger partial charge in [0.2, 0.25) is 12.2 Å². The highest BCUT2D eigenvalue weighted by molar-refractivity contribution is 9.10. The Morgan fingerprint density at radius 1 is 1.22 bits per heavy atom. The third kappa shape index (κ3) is 4.03. The fourth-order valence-corrected chi connectivity index (χ4v) is 4.44. The van der Waals surface area contributed by atoms with Gasteiger partial charge in [0.25, 0.3) is 0 Å². The number of likely N-dealkylation sites (tertiary alicyclic amines) is 1. The van der Waals surface area contributed by atoms with Gasteiger partial charge in [-0.2, -0.15) is 0 Å². The molecule has 4 rings (SSSR count). The Morgan fingerprint density at radius 3 is 2.81 bits per heavy atom. The summed E-state index contributed by atoms with van der Waals surface area (Å²) in [5.41, 5.74) is 8.69. The van der Waals surface area contributed by atoms with Crippen LogP contribution in [0.5, 0.6) is 5.75 Å². The normalized spacial score (nSPS) is 22.7. The third-order valence-corrected chi connectivity index (χ3v) is 5.67. The van der Waals surface area contributed by atoms with Crippen molar-refractivity contribution in [3.8, 4) is 5.75 Å². The van der Waals surface area contributed by atoms with Crippen LogP contribution in [-0.2, 0) is 22.7 Å². The maximum atomic E-state index is 11.9. The van der Waals surface area contributed by atoms with Crippen molar-refractivity contribution in [2.75, 3.05) is 6.54 Å². The van der Waals surface area contributed by atoms with Crippen LogP contribution >= 0.6 is 15.9 Å². The Labute approximate surface area is 167 Å². The Bertz CT molecular complexity index is 828. The first-order chi connectivity index (χ1) is 13.1. The van der Waals surface area contributed by atoms with Crippen molar-refractivity contribution in [1.29, 1.82) is 0 Å². The number of amides is 1. The first-order valence-electron chi connectivity index (χ1n) is 9.29. The van der Waals surface area contributed by atoms with Gasteiger partial charge in [-0.3, -0.25) is 9.69 Å². The van der Waals surface area contributed by atoms with Gasteiger partial charge < -0.3 is 15.2 Å². The molecule has 5 nitrogen and oxygen atoms in total. The molecule has 2 aliphatic heterocycles. The van der Waals surface area contributed by atoms with Crippen molar-refractivity contribution >= 4 is 21.8 Å². The summed E-state index contributed by atoms with van der Waals surface area (Å²) >= 11 is 3.59. The Kier molecular flexibility index (Phi) is 5.48. The second kappa shape index (κ2) is 8.00. The number of ether oxygens (including phenoxy) is 2. The monoisotopic (exact) mass is 430 g/mol. The summed E-state index contributed by atoms with van der Waals surface area (Å²) in [5, 5.41) is 0. The predicted molar refractivity (Wildman–Crippen MR) is 106 cm³/mol. The third-order valence-electron chi connectivity index (χ3n) is 5.21. The van der Waals surface area contributed by atoms with E-state index in [1.165, 1.54) is 0 Å². The minimum atomic E-state index is -0.424. The van der Waals surface area contributed by atoms with Crippen molar-refractivity contribution < 1.29 is 14.3 Å². The zero-order valence-corrected chi connectivity index (χ0v) is 16.7. The van der Waals surface area contributed by atoms with E-state index in [4.69, 9.17) is 15.2 Å². The van der Waals surface area contributed by atoms with Crippen LogP contribution in [0.2, 0.25) is 0 Å². The highest BCUT2D eigenvalue weighted by Crippen LogP contribution is 2.38. The van der Waals surface area contributed by atoms with Gasteiger partial charge in [-0.1, -0.05) is 52.7 Å². The van der Waals surface area contributed by atoms with Gasteiger partial charge in [-0.15, -0.1) is 0 Å². The molecule has 0 spiro atoms. The first kappa shape index (κ1) is 18.5. The maximum Gasteiger partial charge on any atom is 0.234 e. The molecule has 0 unspecified atom stereocenters. The molecular formula is C21H23BrN2O3. The SMILES string of the molecule is NC(=O)[C@@H]1CCCCN1Cc1cc(Br)cc2c1O[C@@H](c1ccccc1)OC2. The van der Waals surface area contributed by atoms with E-state index in [2.05, 4.69) is 26.9 Å². The molecule has 6 heteroatoms. The molecule has 2 heterocycles. The average Bonchev–Trinajstić information content (AvgIpc) is 2.68. The van der Waals surface area contributed by atoms with Gasteiger partial charge >= 0.3 is 0 Å². The van der Waals surface area contributed by atoms with Crippen LogP contribution in [0.3, 0.4) is 0 Å². The molecule has 0 aliphatic carbocycles. The van der Waals surface area contributed by atoms with Gasteiger partial charge in [0, 0.05) is 27.7 Å². The number of halogens is 1. The number of carbonyl (C=O) groups is 1. The molecule has 0 saturated carbocycles. The van der Waals surface area contributed by atoms with Gasteiger partial charge in [-0.25, -0.2) is 0 Å².